The van der Waals surface area contributed by atoms with Gasteiger partial charge in [0.05, 0.1) is 0 Å². The molecule has 0 heterocycles. The molecule has 0 saturated heterocycles. The van der Waals surface area contributed by atoms with E-state index in [9.17, 15) is 4.39 Å². The Labute approximate surface area is 91.7 Å². The van der Waals surface area contributed by atoms with Crippen LogP contribution in [-0.2, 0) is 6.54 Å². The van der Waals surface area contributed by atoms with Gasteiger partial charge in [0.1, 0.15) is 5.82 Å². The fourth-order valence-electron chi connectivity index (χ4n) is 1.64. The van der Waals surface area contributed by atoms with E-state index in [2.05, 4.69) is 19.2 Å². The summed E-state index contributed by atoms with van der Waals surface area (Å²) in [4.78, 5) is 0. The highest BCUT2D eigenvalue weighted by Crippen LogP contribution is 2.14. The Balaban J connectivity index is 2.63. The molecule has 0 radical (unpaired) electrons. The highest BCUT2D eigenvalue weighted by molar-refractivity contribution is 5.30. The third-order valence-corrected chi connectivity index (χ3v) is 2.38. The van der Waals surface area contributed by atoms with Crippen LogP contribution < -0.4 is 5.32 Å². The van der Waals surface area contributed by atoms with Gasteiger partial charge < -0.3 is 5.32 Å². The van der Waals surface area contributed by atoms with E-state index in [1.54, 1.807) is 0 Å². The zero-order chi connectivity index (χ0) is 11.4. The van der Waals surface area contributed by atoms with Crippen LogP contribution in [0.25, 0.3) is 0 Å². The maximum atomic E-state index is 13.3. The minimum absolute atomic E-state index is 0.0809. The van der Waals surface area contributed by atoms with Crippen molar-refractivity contribution >= 4 is 0 Å². The molecule has 1 aromatic rings. The SMILES string of the molecule is Cc1cc(CNCC(C)C)cc(C)c1F. The lowest BCUT2D eigenvalue weighted by molar-refractivity contribution is 0.550. The first kappa shape index (κ1) is 12.2. The molecule has 0 aromatic heterocycles. The number of hydrogen-bond donors (Lipinski definition) is 1. The molecule has 84 valence electrons. The Morgan fingerprint density at radius 3 is 2.20 bits per heavy atom. The van der Waals surface area contributed by atoms with Gasteiger partial charge in [-0.15, -0.1) is 0 Å². The molecule has 0 amide bonds. The first-order valence-electron chi connectivity index (χ1n) is 5.47. The summed E-state index contributed by atoms with van der Waals surface area (Å²) in [5.74, 6) is 0.565. The van der Waals surface area contributed by atoms with Gasteiger partial charge in [0.15, 0.2) is 0 Å². The van der Waals surface area contributed by atoms with Gasteiger partial charge in [0.25, 0.3) is 0 Å². The second-order valence-corrected chi connectivity index (χ2v) is 4.57. The molecule has 0 saturated carbocycles. The molecule has 0 fully saturated rings. The molecule has 0 unspecified atom stereocenters. The van der Waals surface area contributed by atoms with Crippen LogP contribution in [-0.4, -0.2) is 6.54 Å². The second kappa shape index (κ2) is 5.26. The molecule has 0 atom stereocenters. The fraction of sp³-hybridized carbons (Fsp3) is 0.538. The van der Waals surface area contributed by atoms with Crippen LogP contribution in [0.3, 0.4) is 0 Å². The van der Waals surface area contributed by atoms with Crippen molar-refractivity contribution in [3.05, 3.63) is 34.6 Å². The molecule has 0 spiro atoms. The van der Waals surface area contributed by atoms with Crippen LogP contribution in [0.5, 0.6) is 0 Å². The summed E-state index contributed by atoms with van der Waals surface area (Å²) in [6.45, 7) is 9.79. The maximum absolute atomic E-state index is 13.3. The van der Waals surface area contributed by atoms with E-state index in [1.165, 1.54) is 0 Å². The number of aryl methyl sites for hydroxylation is 2. The third kappa shape index (κ3) is 3.63. The van der Waals surface area contributed by atoms with Gasteiger partial charge in [-0.1, -0.05) is 26.0 Å². The predicted molar refractivity (Wildman–Crippen MR) is 62.4 cm³/mol. The van der Waals surface area contributed by atoms with Crippen molar-refractivity contribution in [2.75, 3.05) is 6.54 Å². The average molecular weight is 209 g/mol. The molecular weight excluding hydrogens is 189 g/mol. The van der Waals surface area contributed by atoms with E-state index in [4.69, 9.17) is 0 Å². The molecule has 1 nitrogen and oxygen atoms in total. The van der Waals surface area contributed by atoms with Gasteiger partial charge in [-0.05, 0) is 43.0 Å². The van der Waals surface area contributed by atoms with Crippen LogP contribution in [0.15, 0.2) is 12.1 Å². The van der Waals surface area contributed by atoms with Crippen molar-refractivity contribution in [2.24, 2.45) is 5.92 Å². The number of halogens is 1. The fourth-order valence-corrected chi connectivity index (χ4v) is 1.64. The van der Waals surface area contributed by atoms with Crippen molar-refractivity contribution in [3.8, 4) is 0 Å². The first-order chi connectivity index (χ1) is 7.00. The molecule has 15 heavy (non-hydrogen) atoms. The highest BCUT2D eigenvalue weighted by Gasteiger charge is 2.03. The monoisotopic (exact) mass is 209 g/mol. The minimum Gasteiger partial charge on any atom is -0.312 e. The molecule has 1 rings (SSSR count). The van der Waals surface area contributed by atoms with E-state index in [0.717, 1.165) is 29.8 Å². The Hall–Kier alpha value is -0.890. The van der Waals surface area contributed by atoms with Gasteiger partial charge in [-0.25, -0.2) is 4.39 Å². The maximum Gasteiger partial charge on any atom is 0.129 e. The van der Waals surface area contributed by atoms with E-state index in [0.29, 0.717) is 5.92 Å². The summed E-state index contributed by atoms with van der Waals surface area (Å²) in [6.07, 6.45) is 0. The standard InChI is InChI=1S/C13H20FN/c1-9(2)7-15-8-12-5-10(3)13(14)11(4)6-12/h5-6,9,15H,7-8H2,1-4H3. The molecular formula is C13H20FN. The van der Waals surface area contributed by atoms with E-state index in [-0.39, 0.29) is 5.82 Å². The Bertz CT molecular complexity index is 308. The van der Waals surface area contributed by atoms with E-state index >= 15 is 0 Å². The molecule has 1 aromatic carbocycles. The van der Waals surface area contributed by atoms with Crippen LogP contribution in [0.1, 0.15) is 30.5 Å². The smallest absolute Gasteiger partial charge is 0.129 e. The van der Waals surface area contributed by atoms with Gasteiger partial charge in [0.2, 0.25) is 0 Å². The van der Waals surface area contributed by atoms with Gasteiger partial charge >= 0.3 is 0 Å². The number of benzene rings is 1. The molecule has 1 N–H and O–H groups in total. The van der Waals surface area contributed by atoms with Crippen molar-refractivity contribution in [1.82, 2.24) is 5.32 Å². The summed E-state index contributed by atoms with van der Waals surface area (Å²) in [7, 11) is 0. The normalized spacial score (nSPS) is 11.1. The molecule has 0 aliphatic carbocycles. The quantitative estimate of drug-likeness (QED) is 0.803. The predicted octanol–water partition coefficient (Wildman–Crippen LogP) is 3.19. The zero-order valence-corrected chi connectivity index (χ0v) is 10.0. The Morgan fingerprint density at radius 1 is 1.20 bits per heavy atom. The number of rotatable bonds is 4. The van der Waals surface area contributed by atoms with Crippen LogP contribution in [0.4, 0.5) is 4.39 Å². The van der Waals surface area contributed by atoms with Crippen molar-refractivity contribution in [3.63, 3.8) is 0 Å². The zero-order valence-electron chi connectivity index (χ0n) is 10.0. The summed E-state index contributed by atoms with van der Waals surface area (Å²) in [5.41, 5.74) is 2.62. The highest BCUT2D eigenvalue weighted by atomic mass is 19.1. The van der Waals surface area contributed by atoms with Gasteiger partial charge in [-0.2, -0.15) is 0 Å². The van der Waals surface area contributed by atoms with Crippen LogP contribution in [0, 0.1) is 25.6 Å². The van der Waals surface area contributed by atoms with Crippen molar-refractivity contribution in [1.29, 1.82) is 0 Å². The molecule has 2 heteroatoms. The molecule has 0 aliphatic heterocycles. The molecule has 0 bridgehead atoms. The van der Waals surface area contributed by atoms with Crippen molar-refractivity contribution in [2.45, 2.75) is 34.2 Å². The Morgan fingerprint density at radius 2 is 1.73 bits per heavy atom. The third-order valence-electron chi connectivity index (χ3n) is 2.38. The van der Waals surface area contributed by atoms with Gasteiger partial charge in [0, 0.05) is 6.54 Å². The average Bonchev–Trinajstić information content (AvgIpc) is 2.13. The summed E-state index contributed by atoms with van der Waals surface area (Å²) in [6, 6.07) is 3.82. The van der Waals surface area contributed by atoms with E-state index in [1.807, 2.05) is 26.0 Å². The van der Waals surface area contributed by atoms with Crippen LogP contribution in [0.2, 0.25) is 0 Å². The minimum atomic E-state index is -0.0809. The van der Waals surface area contributed by atoms with Gasteiger partial charge in [-0.3, -0.25) is 0 Å². The van der Waals surface area contributed by atoms with E-state index < -0.39 is 0 Å². The lowest BCUT2D eigenvalue weighted by Gasteiger charge is -2.09. The largest absolute Gasteiger partial charge is 0.312 e. The topological polar surface area (TPSA) is 12.0 Å². The lowest BCUT2D eigenvalue weighted by atomic mass is 10.1. The van der Waals surface area contributed by atoms with Crippen LogP contribution >= 0.6 is 0 Å². The summed E-state index contributed by atoms with van der Waals surface area (Å²) >= 11 is 0. The summed E-state index contributed by atoms with van der Waals surface area (Å²) in [5, 5.41) is 3.35. The first-order valence-corrected chi connectivity index (χ1v) is 5.47. The number of hydrogen-bond acceptors (Lipinski definition) is 1. The number of nitrogens with one attached hydrogen (secondary N) is 1. The second-order valence-electron chi connectivity index (χ2n) is 4.57. The lowest BCUT2D eigenvalue weighted by Crippen LogP contribution is -2.19. The molecule has 0 aliphatic rings. The van der Waals surface area contributed by atoms with Crippen molar-refractivity contribution < 1.29 is 4.39 Å². The Kier molecular flexibility index (Phi) is 4.28. The summed E-state index contributed by atoms with van der Waals surface area (Å²) < 4.78 is 13.3.